The van der Waals surface area contributed by atoms with Crippen LogP contribution in [0.1, 0.15) is 41.5 Å². The summed E-state index contributed by atoms with van der Waals surface area (Å²) in [6, 6.07) is 0. The Morgan fingerprint density at radius 2 is 0.957 bits per heavy atom. The van der Waals surface area contributed by atoms with E-state index in [1.54, 1.807) is 41.5 Å². The fourth-order valence-corrected chi connectivity index (χ4v) is 6.48. The summed E-state index contributed by atoms with van der Waals surface area (Å²) in [6.45, 7) is 11.0. The van der Waals surface area contributed by atoms with Crippen molar-refractivity contribution in [2.75, 3.05) is 19.9 Å². The van der Waals surface area contributed by atoms with Gasteiger partial charge >= 0.3 is 12.4 Å². The van der Waals surface area contributed by atoms with Crippen LogP contribution in [0.5, 0.6) is 0 Å². The lowest BCUT2D eigenvalue weighted by molar-refractivity contribution is -0.585. The lowest BCUT2D eigenvalue weighted by Crippen LogP contribution is -2.69. The lowest BCUT2D eigenvalue weighted by atomic mass is 10.1. The van der Waals surface area contributed by atoms with E-state index in [0.717, 1.165) is 7.11 Å². The lowest BCUT2D eigenvalue weighted by Gasteiger charge is -2.52. The molecule has 0 amide bonds. The Kier molecular flexibility index (Phi) is 7.71. The molecule has 0 saturated carbocycles. The molecular formula is C14H27F6O2P. The molecule has 0 rings (SSSR count). The third-order valence-corrected chi connectivity index (χ3v) is 11.4. The summed E-state index contributed by atoms with van der Waals surface area (Å²) in [5, 5.41) is 17.2. The first-order valence-electron chi connectivity index (χ1n) is 6.85. The van der Waals surface area contributed by atoms with Crippen LogP contribution in [-0.2, 0) is 0 Å². The summed E-state index contributed by atoms with van der Waals surface area (Å²) in [4.78, 5) is 0. The molecule has 0 aromatic rings. The Labute approximate surface area is 134 Å². The molecular weight excluding hydrogens is 345 g/mol. The molecule has 0 fully saturated rings. The molecule has 0 unspecified atom stereocenters. The third-order valence-electron chi connectivity index (χ3n) is 4.42. The van der Waals surface area contributed by atoms with Crippen molar-refractivity contribution in [1.82, 2.24) is 0 Å². The molecule has 0 atom stereocenters. The van der Waals surface area contributed by atoms with Crippen molar-refractivity contribution in [2.45, 2.75) is 69.8 Å². The quantitative estimate of drug-likeness (QED) is 0.587. The van der Waals surface area contributed by atoms with Gasteiger partial charge in [-0.15, -0.1) is 0 Å². The molecule has 0 spiro atoms. The molecule has 0 heterocycles. The minimum Gasteiger partial charge on any atom is -0.834 e. The zero-order valence-electron chi connectivity index (χ0n) is 14.8. The van der Waals surface area contributed by atoms with E-state index < -0.39 is 41.7 Å². The van der Waals surface area contributed by atoms with Gasteiger partial charge in [-0.1, -0.05) is 0 Å². The molecule has 0 aromatic heterocycles. The average molecular weight is 372 g/mol. The standard InChI is InChI=1S/C13H23F6OP.CH4O/c1-9(2,3)21(7,10(4,5)6)8-11(20,12(14,15)16)13(17,18)19;1-2/h8H2,1-7H3;2H,1H3. The van der Waals surface area contributed by atoms with Gasteiger partial charge in [0, 0.05) is 21.0 Å². The second kappa shape index (κ2) is 7.04. The van der Waals surface area contributed by atoms with E-state index in [0.29, 0.717) is 0 Å². The van der Waals surface area contributed by atoms with Crippen molar-refractivity contribution < 1.29 is 36.6 Å². The first kappa shape index (κ1) is 25.2. The second-order valence-corrected chi connectivity index (χ2v) is 12.9. The van der Waals surface area contributed by atoms with Gasteiger partial charge in [-0.3, -0.25) is 0 Å². The normalized spacial score (nSPS) is 15.1. The number of hydrogen-bond acceptors (Lipinski definition) is 2. The highest BCUT2D eigenvalue weighted by Crippen LogP contribution is 2.76. The molecule has 0 aliphatic heterocycles. The van der Waals surface area contributed by atoms with Gasteiger partial charge in [0.15, 0.2) is 0 Å². The Morgan fingerprint density at radius 1 is 0.739 bits per heavy atom. The molecule has 9 heteroatoms. The number of halogens is 6. The van der Waals surface area contributed by atoms with Crippen LogP contribution in [0.4, 0.5) is 26.3 Å². The summed E-state index contributed by atoms with van der Waals surface area (Å²) < 4.78 is 77.4. The van der Waals surface area contributed by atoms with Gasteiger partial charge in [0.2, 0.25) is 0 Å². The summed E-state index contributed by atoms with van der Waals surface area (Å²) in [6.07, 6.45) is -13.2. The highest BCUT2D eigenvalue weighted by molar-refractivity contribution is 7.78. The number of aliphatic hydroxyl groups excluding tert-OH is 1. The molecule has 142 valence electrons. The molecule has 0 aromatic carbocycles. The minimum atomic E-state index is -5.87. The van der Waals surface area contributed by atoms with Crippen molar-refractivity contribution in [1.29, 1.82) is 0 Å². The molecule has 0 saturated heterocycles. The third kappa shape index (κ3) is 4.95. The predicted molar refractivity (Wildman–Crippen MR) is 80.2 cm³/mol. The van der Waals surface area contributed by atoms with Crippen molar-refractivity contribution in [3.05, 3.63) is 0 Å². The van der Waals surface area contributed by atoms with Crippen LogP contribution in [0.15, 0.2) is 0 Å². The minimum absolute atomic E-state index is 0.808. The van der Waals surface area contributed by atoms with Crippen LogP contribution in [0.25, 0.3) is 0 Å². The van der Waals surface area contributed by atoms with Crippen LogP contribution in [0, 0.1) is 0 Å². The molecule has 0 aliphatic rings. The van der Waals surface area contributed by atoms with E-state index in [-0.39, 0.29) is 0 Å². The summed E-state index contributed by atoms with van der Waals surface area (Å²) in [5.41, 5.74) is -4.93. The van der Waals surface area contributed by atoms with Crippen LogP contribution in [0.2, 0.25) is 0 Å². The molecule has 2 nitrogen and oxygen atoms in total. The fourth-order valence-electron chi connectivity index (χ4n) is 2.27. The largest absolute Gasteiger partial charge is 0.834 e. The van der Waals surface area contributed by atoms with E-state index in [1.807, 2.05) is 0 Å². The Bertz CT molecular complexity index is 313. The summed E-state index contributed by atoms with van der Waals surface area (Å²) in [5.74, 6) is 0. The second-order valence-electron chi connectivity index (χ2n) is 7.51. The van der Waals surface area contributed by atoms with E-state index in [2.05, 4.69) is 0 Å². The van der Waals surface area contributed by atoms with E-state index in [1.165, 1.54) is 6.66 Å². The van der Waals surface area contributed by atoms with E-state index in [9.17, 15) is 31.4 Å². The zero-order valence-corrected chi connectivity index (χ0v) is 15.7. The van der Waals surface area contributed by atoms with E-state index in [4.69, 9.17) is 5.11 Å². The maximum Gasteiger partial charge on any atom is 0.391 e. The van der Waals surface area contributed by atoms with Gasteiger partial charge in [-0.2, -0.15) is 26.3 Å². The van der Waals surface area contributed by atoms with Gasteiger partial charge in [-0.25, -0.2) is 0 Å². The number of alkyl halides is 6. The smallest absolute Gasteiger partial charge is 0.391 e. The first-order valence-corrected chi connectivity index (χ1v) is 9.27. The maximum absolute atomic E-state index is 12.9. The molecule has 0 radical (unpaired) electrons. The van der Waals surface area contributed by atoms with Crippen molar-refractivity contribution in [3.63, 3.8) is 0 Å². The number of aliphatic hydroxyl groups is 1. The van der Waals surface area contributed by atoms with Crippen LogP contribution < -0.4 is 5.11 Å². The fraction of sp³-hybridized carbons (Fsp3) is 1.00. The van der Waals surface area contributed by atoms with Crippen LogP contribution in [0.3, 0.4) is 0 Å². The number of hydrogen-bond donors (Lipinski definition) is 1. The van der Waals surface area contributed by atoms with Gasteiger partial charge in [0.25, 0.3) is 0 Å². The van der Waals surface area contributed by atoms with Gasteiger partial charge in [0.1, 0.15) is 5.60 Å². The molecule has 1 N–H and O–H groups in total. The Hall–Kier alpha value is -0.0700. The van der Waals surface area contributed by atoms with Crippen molar-refractivity contribution in [3.8, 4) is 0 Å². The SMILES string of the molecule is CC(C)(C)[P+](C)(CC([O-])(C(F)(F)F)C(F)(F)F)C(C)(C)C.CO. The zero-order chi connectivity index (χ0) is 19.7. The maximum atomic E-state index is 12.9. The number of rotatable bonds is 2. The van der Waals surface area contributed by atoms with Crippen molar-refractivity contribution >= 4 is 7.26 Å². The topological polar surface area (TPSA) is 43.3 Å². The average Bonchev–Trinajstić information content (AvgIpc) is 2.25. The molecule has 0 aliphatic carbocycles. The molecule has 0 bridgehead atoms. The monoisotopic (exact) mass is 372 g/mol. The van der Waals surface area contributed by atoms with Gasteiger partial charge < -0.3 is 10.2 Å². The predicted octanol–water partition coefficient (Wildman–Crippen LogP) is 4.06. The first-order chi connectivity index (χ1) is 9.71. The highest BCUT2D eigenvalue weighted by atomic mass is 31.2. The van der Waals surface area contributed by atoms with E-state index >= 15 is 0 Å². The summed E-state index contributed by atoms with van der Waals surface area (Å²) in [7, 11) is -1.90. The Morgan fingerprint density at radius 3 is 1.09 bits per heavy atom. The molecule has 23 heavy (non-hydrogen) atoms. The van der Waals surface area contributed by atoms with Gasteiger partial charge in [0.05, 0.1) is 16.5 Å². The summed E-state index contributed by atoms with van der Waals surface area (Å²) >= 11 is 0. The highest BCUT2D eigenvalue weighted by Gasteiger charge is 2.69. The van der Waals surface area contributed by atoms with Crippen LogP contribution in [-0.4, -0.2) is 53.3 Å². The van der Waals surface area contributed by atoms with Crippen LogP contribution >= 0.6 is 7.26 Å². The van der Waals surface area contributed by atoms with Crippen molar-refractivity contribution in [2.24, 2.45) is 0 Å². The van der Waals surface area contributed by atoms with Gasteiger partial charge in [-0.05, 0) is 41.5 Å². The Balaban J connectivity index is 0.